The van der Waals surface area contributed by atoms with Gasteiger partial charge in [0.2, 0.25) is 5.91 Å². The molecule has 6 nitrogen and oxygen atoms in total. The van der Waals surface area contributed by atoms with Crippen molar-refractivity contribution in [1.29, 1.82) is 0 Å². The van der Waals surface area contributed by atoms with Crippen molar-refractivity contribution in [3.8, 4) is 0 Å². The number of hydrogen-bond acceptors (Lipinski definition) is 5. The summed E-state index contributed by atoms with van der Waals surface area (Å²) in [5, 5.41) is 3.42. The van der Waals surface area contributed by atoms with Gasteiger partial charge in [0.05, 0.1) is 11.4 Å². The summed E-state index contributed by atoms with van der Waals surface area (Å²) in [6.45, 7) is 2.52. The zero-order chi connectivity index (χ0) is 20.2. The molecule has 2 heterocycles. The molecule has 1 atom stereocenters. The summed E-state index contributed by atoms with van der Waals surface area (Å²) in [5.74, 6) is 0.665. The van der Waals surface area contributed by atoms with E-state index in [9.17, 15) is 9.59 Å². The van der Waals surface area contributed by atoms with Crippen LogP contribution >= 0.6 is 11.8 Å². The average molecular weight is 407 g/mol. The topological polar surface area (TPSA) is 74.1 Å². The number of aliphatic imine (C=N–C) groups is 2. The zero-order valence-electron chi connectivity index (χ0n) is 16.2. The second kappa shape index (κ2) is 8.61. The van der Waals surface area contributed by atoms with Crippen LogP contribution in [0.4, 0.5) is 5.69 Å². The van der Waals surface area contributed by atoms with Gasteiger partial charge in [-0.05, 0) is 24.1 Å². The molecule has 2 aromatic carbocycles. The van der Waals surface area contributed by atoms with Gasteiger partial charge in [-0.25, -0.2) is 9.89 Å². The van der Waals surface area contributed by atoms with Gasteiger partial charge in [-0.2, -0.15) is 0 Å². The molecule has 0 bridgehead atoms. The molecule has 1 N–H and O–H groups in total. The van der Waals surface area contributed by atoms with Crippen LogP contribution in [0.25, 0.3) is 0 Å². The number of carbonyl (C=O) groups is 2. The summed E-state index contributed by atoms with van der Waals surface area (Å²) in [4.78, 5) is 36.1. The first kappa shape index (κ1) is 19.4. The van der Waals surface area contributed by atoms with E-state index in [4.69, 9.17) is 0 Å². The Bertz CT molecular complexity index is 987. The molecule has 148 valence electrons. The lowest BCUT2D eigenvalue weighted by Crippen LogP contribution is -2.41. The van der Waals surface area contributed by atoms with E-state index < -0.39 is 0 Å². The first-order chi connectivity index (χ1) is 14.2. The molecule has 4 rings (SSSR count). The first-order valence-electron chi connectivity index (χ1n) is 9.70. The number of hydrogen-bond donors (Lipinski definition) is 1. The highest BCUT2D eigenvalue weighted by Gasteiger charge is 2.40. The molecule has 0 spiro atoms. The molecule has 2 aliphatic rings. The highest BCUT2D eigenvalue weighted by molar-refractivity contribution is 8.14. The predicted molar refractivity (Wildman–Crippen MR) is 116 cm³/mol. The number of benzene rings is 2. The van der Waals surface area contributed by atoms with Crippen LogP contribution in [0.15, 0.2) is 64.6 Å². The molecule has 2 aromatic rings. The Hall–Kier alpha value is -2.93. The summed E-state index contributed by atoms with van der Waals surface area (Å²) in [7, 11) is 0. The molecule has 0 radical (unpaired) electrons. The van der Waals surface area contributed by atoms with Gasteiger partial charge in [-0.3, -0.25) is 14.6 Å². The standard InChI is InChI=1S/C22H22N4O2S/c1-2-8-18-21(28)26-20(24-18)16-11-6-7-12-17(16)25-22(26)29-14-19(27)23-13-15-9-4-3-5-10-15/h3-7,9-12,18H,2,8,13-14H2,1H3,(H,23,27). The van der Waals surface area contributed by atoms with Crippen molar-refractivity contribution < 1.29 is 9.59 Å². The van der Waals surface area contributed by atoms with Crippen molar-refractivity contribution in [1.82, 2.24) is 10.2 Å². The Kier molecular flexibility index (Phi) is 5.76. The molecule has 0 saturated heterocycles. The third-order valence-corrected chi connectivity index (χ3v) is 5.71. The van der Waals surface area contributed by atoms with Gasteiger partial charge in [0, 0.05) is 12.1 Å². The lowest BCUT2D eigenvalue weighted by molar-refractivity contribution is -0.124. The summed E-state index contributed by atoms with van der Waals surface area (Å²) in [6.07, 6.45) is 1.58. The van der Waals surface area contributed by atoms with E-state index in [0.29, 0.717) is 24.0 Å². The maximum atomic E-state index is 12.9. The zero-order valence-corrected chi connectivity index (χ0v) is 17.0. The molecule has 0 aliphatic carbocycles. The lowest BCUT2D eigenvalue weighted by atomic mass is 10.1. The molecule has 7 heteroatoms. The Balaban J connectivity index is 1.48. The molecule has 1 unspecified atom stereocenters. The maximum absolute atomic E-state index is 12.9. The number of carbonyl (C=O) groups excluding carboxylic acids is 2. The van der Waals surface area contributed by atoms with Gasteiger partial charge in [0.1, 0.15) is 11.9 Å². The van der Waals surface area contributed by atoms with Crippen LogP contribution in [0.3, 0.4) is 0 Å². The molecular weight excluding hydrogens is 384 g/mol. The van der Waals surface area contributed by atoms with Gasteiger partial charge in [-0.15, -0.1) is 0 Å². The van der Waals surface area contributed by atoms with E-state index in [1.807, 2.05) is 61.5 Å². The quantitative estimate of drug-likeness (QED) is 0.798. The van der Waals surface area contributed by atoms with Crippen molar-refractivity contribution in [2.75, 3.05) is 5.75 Å². The smallest absolute Gasteiger partial charge is 0.259 e. The van der Waals surface area contributed by atoms with Gasteiger partial charge in [0.25, 0.3) is 5.91 Å². The second-order valence-electron chi connectivity index (χ2n) is 6.89. The minimum Gasteiger partial charge on any atom is -0.351 e. The largest absolute Gasteiger partial charge is 0.351 e. The molecule has 29 heavy (non-hydrogen) atoms. The number of para-hydroxylation sites is 1. The number of nitrogens with zero attached hydrogens (tertiary/aromatic N) is 3. The molecular formula is C22H22N4O2S. The van der Waals surface area contributed by atoms with E-state index in [-0.39, 0.29) is 23.6 Å². The maximum Gasteiger partial charge on any atom is 0.259 e. The van der Waals surface area contributed by atoms with E-state index in [2.05, 4.69) is 15.3 Å². The van der Waals surface area contributed by atoms with Crippen molar-refractivity contribution in [3.63, 3.8) is 0 Å². The van der Waals surface area contributed by atoms with Crippen molar-refractivity contribution in [2.24, 2.45) is 9.98 Å². The molecule has 0 fully saturated rings. The summed E-state index contributed by atoms with van der Waals surface area (Å²) >= 11 is 1.27. The fourth-order valence-corrected chi connectivity index (χ4v) is 4.17. The number of fused-ring (bicyclic) bond motifs is 3. The van der Waals surface area contributed by atoms with E-state index in [0.717, 1.165) is 23.2 Å². The van der Waals surface area contributed by atoms with Gasteiger partial charge < -0.3 is 5.32 Å². The van der Waals surface area contributed by atoms with Crippen LogP contribution < -0.4 is 5.32 Å². The summed E-state index contributed by atoms with van der Waals surface area (Å²) < 4.78 is 0. The molecule has 0 aromatic heterocycles. The van der Waals surface area contributed by atoms with Crippen LogP contribution in [-0.2, 0) is 16.1 Å². The minimum atomic E-state index is -0.376. The summed E-state index contributed by atoms with van der Waals surface area (Å²) in [6, 6.07) is 17.0. The van der Waals surface area contributed by atoms with Crippen LogP contribution in [0.5, 0.6) is 0 Å². The highest BCUT2D eigenvalue weighted by Crippen LogP contribution is 2.34. The number of amidine groups is 2. The SMILES string of the molecule is CCCC1N=C2c3ccccc3N=C(SCC(=O)NCc3ccccc3)N2C1=O. The van der Waals surface area contributed by atoms with Crippen molar-refractivity contribution in [2.45, 2.75) is 32.4 Å². The molecule has 2 amide bonds. The Morgan fingerprint density at radius 1 is 1.14 bits per heavy atom. The first-order valence-corrected chi connectivity index (χ1v) is 10.7. The fourth-order valence-electron chi connectivity index (χ4n) is 3.34. The van der Waals surface area contributed by atoms with Gasteiger partial charge in [-0.1, -0.05) is 67.6 Å². The van der Waals surface area contributed by atoms with Gasteiger partial charge >= 0.3 is 0 Å². The Labute approximate surface area is 174 Å². The van der Waals surface area contributed by atoms with E-state index in [1.165, 1.54) is 11.8 Å². The fraction of sp³-hybridized carbons (Fsp3) is 0.273. The molecule has 2 aliphatic heterocycles. The second-order valence-corrected chi connectivity index (χ2v) is 7.84. The van der Waals surface area contributed by atoms with Crippen molar-refractivity contribution in [3.05, 3.63) is 65.7 Å². The van der Waals surface area contributed by atoms with E-state index >= 15 is 0 Å². The highest BCUT2D eigenvalue weighted by atomic mass is 32.2. The minimum absolute atomic E-state index is 0.0627. The predicted octanol–water partition coefficient (Wildman–Crippen LogP) is 3.49. The monoisotopic (exact) mass is 406 g/mol. The van der Waals surface area contributed by atoms with Crippen LogP contribution in [0.1, 0.15) is 30.9 Å². The third-order valence-electron chi connectivity index (χ3n) is 4.77. The third kappa shape index (κ3) is 4.10. The average Bonchev–Trinajstić information content (AvgIpc) is 3.08. The Morgan fingerprint density at radius 2 is 1.90 bits per heavy atom. The number of rotatable bonds is 6. The Morgan fingerprint density at radius 3 is 2.69 bits per heavy atom. The summed E-state index contributed by atoms with van der Waals surface area (Å²) in [5.41, 5.74) is 2.68. The molecule has 0 saturated carbocycles. The van der Waals surface area contributed by atoms with Crippen LogP contribution in [0.2, 0.25) is 0 Å². The lowest BCUT2D eigenvalue weighted by Gasteiger charge is -2.25. The van der Waals surface area contributed by atoms with E-state index in [1.54, 1.807) is 4.90 Å². The normalized spacial score (nSPS) is 17.3. The van der Waals surface area contributed by atoms with Gasteiger partial charge in [0.15, 0.2) is 5.17 Å². The number of nitrogens with one attached hydrogen (secondary N) is 1. The number of thioether (sulfide) groups is 1. The van der Waals surface area contributed by atoms with Crippen LogP contribution in [-0.4, -0.2) is 39.5 Å². The van der Waals surface area contributed by atoms with Crippen LogP contribution in [0, 0.1) is 0 Å². The van der Waals surface area contributed by atoms with Crippen molar-refractivity contribution >= 4 is 40.3 Å². The number of amides is 2.